The first-order chi connectivity index (χ1) is 3.41. The molecule has 0 radical (unpaired) electrons. The summed E-state index contributed by atoms with van der Waals surface area (Å²) in [6.07, 6.45) is 0. The lowest BCUT2D eigenvalue weighted by molar-refractivity contribution is 0.275. The summed E-state index contributed by atoms with van der Waals surface area (Å²) < 4.78 is 8.88. The van der Waals surface area contributed by atoms with Crippen LogP contribution < -0.4 is 17.2 Å². The van der Waals surface area contributed by atoms with Crippen LogP contribution in [-0.2, 0) is 4.57 Å². The molecule has 0 aromatic rings. The summed E-state index contributed by atoms with van der Waals surface area (Å²) in [6.45, 7) is 0. The Hall–Kier alpha value is -0.0100. The van der Waals surface area contributed by atoms with Gasteiger partial charge in [0.2, 0.25) is 0 Å². The van der Waals surface area contributed by atoms with Crippen molar-refractivity contribution in [3.05, 3.63) is 0 Å². The Kier molecular flexibility index (Phi) is 6.98. The van der Waals surface area contributed by atoms with Gasteiger partial charge < -0.3 is 14.7 Å². The van der Waals surface area contributed by atoms with Crippen LogP contribution in [0.15, 0.2) is 0 Å². The molecule has 0 bridgehead atoms. The van der Waals surface area contributed by atoms with Crippen LogP contribution in [0, 0.1) is 0 Å². The van der Waals surface area contributed by atoms with Gasteiger partial charge >= 0.3 is 7.82 Å². The molecule has 0 unspecified atom stereocenters. The number of hydrazine groups is 2. The molecular formula is H8N3O4P. The lowest BCUT2D eigenvalue weighted by Crippen LogP contribution is -2.29. The third-order valence-electron chi connectivity index (χ3n) is 0. The Morgan fingerprint density at radius 2 is 1.25 bits per heavy atom. The second kappa shape index (κ2) is 5.13. The predicted octanol–water partition coefficient (Wildman–Crippen LogP) is -2.61. The first-order valence-electron chi connectivity index (χ1n) is 1.36. The van der Waals surface area contributed by atoms with Gasteiger partial charge in [-0.1, -0.05) is 0 Å². The normalized spacial score (nSPS) is 9.62. The van der Waals surface area contributed by atoms with Gasteiger partial charge in [0.05, 0.1) is 0 Å². The molecule has 0 aliphatic heterocycles. The molecule has 0 aliphatic rings. The molecule has 8 heavy (non-hydrogen) atoms. The summed E-state index contributed by atoms with van der Waals surface area (Å²) >= 11 is 0. The summed E-state index contributed by atoms with van der Waals surface area (Å²) in [5.41, 5.74) is 1.75. The zero-order valence-corrected chi connectivity index (χ0v) is 4.75. The van der Waals surface area contributed by atoms with Crippen molar-refractivity contribution in [1.82, 2.24) is 5.53 Å². The second-order valence-corrected chi connectivity index (χ2v) is 1.71. The molecule has 0 saturated heterocycles. The summed E-state index contributed by atoms with van der Waals surface area (Å²) in [6, 6.07) is 0. The number of nitrogens with two attached hydrogens (primary N) is 2. The zero-order chi connectivity index (χ0) is 7.21. The largest absolute Gasteiger partial charge is 0.466 e. The monoisotopic (exact) mass is 145 g/mol. The van der Waals surface area contributed by atoms with Gasteiger partial charge in [-0.25, -0.2) is 4.57 Å². The molecule has 0 aliphatic carbocycles. The van der Waals surface area contributed by atoms with Crippen LogP contribution in [0.5, 0.6) is 0 Å². The molecule has 0 saturated carbocycles. The molecule has 0 fully saturated rings. The zero-order valence-electron chi connectivity index (χ0n) is 3.85. The van der Waals surface area contributed by atoms with E-state index in [0.29, 0.717) is 0 Å². The van der Waals surface area contributed by atoms with Gasteiger partial charge in [0.25, 0.3) is 0 Å². The van der Waals surface area contributed by atoms with Crippen molar-refractivity contribution in [2.75, 3.05) is 0 Å². The Bertz CT molecular complexity index is 67.1. The fourth-order valence-electron chi connectivity index (χ4n) is 0. The standard InChI is InChI=1S/H5N3.H3O4P/c1-3-2;1-5(2,3)4/h3H,1-2H2;(H3,1,2,3,4). The fourth-order valence-corrected chi connectivity index (χ4v) is 0. The molecule has 0 atom stereocenters. The van der Waals surface area contributed by atoms with Crippen LogP contribution in [0.25, 0.3) is 0 Å². The lowest BCUT2D eigenvalue weighted by atomic mass is 12.6. The van der Waals surface area contributed by atoms with Crippen molar-refractivity contribution < 1.29 is 19.2 Å². The highest BCUT2D eigenvalue weighted by atomic mass is 31.2. The molecule has 8 N–H and O–H groups in total. The van der Waals surface area contributed by atoms with Gasteiger partial charge in [-0.3, -0.25) is 11.7 Å². The van der Waals surface area contributed by atoms with Gasteiger partial charge in [0.1, 0.15) is 0 Å². The number of rotatable bonds is 0. The summed E-state index contributed by atoms with van der Waals surface area (Å²) in [4.78, 5) is 21.6. The maximum absolute atomic E-state index is 8.88. The van der Waals surface area contributed by atoms with Crippen LogP contribution in [-0.4, -0.2) is 14.7 Å². The van der Waals surface area contributed by atoms with E-state index >= 15 is 0 Å². The Balaban J connectivity index is 0. The van der Waals surface area contributed by atoms with E-state index in [-0.39, 0.29) is 0 Å². The van der Waals surface area contributed by atoms with Gasteiger partial charge in [-0.2, -0.15) is 5.53 Å². The molecule has 0 aromatic heterocycles. The quantitative estimate of drug-likeness (QED) is 0.124. The van der Waals surface area contributed by atoms with E-state index in [4.69, 9.17) is 19.2 Å². The molecule has 7 nitrogen and oxygen atoms in total. The fraction of sp³-hybridized carbons (Fsp3) is 0. The number of hydrogen-bond donors (Lipinski definition) is 6. The van der Waals surface area contributed by atoms with Crippen molar-refractivity contribution in [1.29, 1.82) is 0 Å². The molecule has 52 valence electrons. The van der Waals surface area contributed by atoms with Gasteiger partial charge in [-0.15, -0.1) is 0 Å². The maximum atomic E-state index is 8.88. The van der Waals surface area contributed by atoms with E-state index in [1.165, 1.54) is 0 Å². The lowest BCUT2D eigenvalue weighted by Gasteiger charge is -1.82. The predicted molar refractivity (Wildman–Crippen MR) is 25.8 cm³/mol. The van der Waals surface area contributed by atoms with Crippen molar-refractivity contribution in [2.24, 2.45) is 11.7 Å². The molecule has 0 spiro atoms. The van der Waals surface area contributed by atoms with Crippen LogP contribution >= 0.6 is 7.82 Å². The van der Waals surface area contributed by atoms with Crippen molar-refractivity contribution >= 4 is 7.82 Å². The molecular weight excluding hydrogens is 137 g/mol. The Morgan fingerprint density at radius 3 is 1.25 bits per heavy atom. The van der Waals surface area contributed by atoms with E-state index in [1.54, 1.807) is 5.53 Å². The minimum absolute atomic E-state index is 1.75. The Labute approximate surface area is 45.5 Å². The number of hydrogen-bond acceptors (Lipinski definition) is 4. The van der Waals surface area contributed by atoms with Crippen LogP contribution in [0.2, 0.25) is 0 Å². The highest BCUT2D eigenvalue weighted by Gasteiger charge is 2.00. The van der Waals surface area contributed by atoms with E-state index in [0.717, 1.165) is 0 Å². The smallest absolute Gasteiger partial charge is 0.303 e. The summed E-state index contributed by atoms with van der Waals surface area (Å²) in [7, 11) is -4.64. The van der Waals surface area contributed by atoms with E-state index in [1.807, 2.05) is 0 Å². The van der Waals surface area contributed by atoms with Crippen LogP contribution in [0.3, 0.4) is 0 Å². The summed E-state index contributed by atoms with van der Waals surface area (Å²) in [5.74, 6) is 8.75. The van der Waals surface area contributed by atoms with Crippen LogP contribution in [0.1, 0.15) is 0 Å². The average Bonchev–Trinajstić information content (AvgIpc) is 1.27. The van der Waals surface area contributed by atoms with Crippen molar-refractivity contribution in [2.45, 2.75) is 0 Å². The minimum atomic E-state index is -4.64. The molecule has 0 rings (SSSR count). The third kappa shape index (κ3) is 1490000. The van der Waals surface area contributed by atoms with E-state index < -0.39 is 7.82 Å². The number of phosphoric acid groups is 1. The first-order valence-corrected chi connectivity index (χ1v) is 2.93. The molecule has 0 heterocycles. The Morgan fingerprint density at radius 1 is 1.25 bits per heavy atom. The highest BCUT2D eigenvalue weighted by molar-refractivity contribution is 7.45. The van der Waals surface area contributed by atoms with E-state index in [9.17, 15) is 0 Å². The second-order valence-electron chi connectivity index (χ2n) is 0.680. The summed E-state index contributed by atoms with van der Waals surface area (Å²) in [5, 5.41) is 0. The molecule has 0 amide bonds. The van der Waals surface area contributed by atoms with E-state index in [2.05, 4.69) is 11.7 Å². The maximum Gasteiger partial charge on any atom is 0.466 e. The third-order valence-corrected chi connectivity index (χ3v) is 0. The van der Waals surface area contributed by atoms with Gasteiger partial charge in [0, 0.05) is 0 Å². The highest BCUT2D eigenvalue weighted by Crippen LogP contribution is 2.25. The van der Waals surface area contributed by atoms with Gasteiger partial charge in [-0.05, 0) is 0 Å². The van der Waals surface area contributed by atoms with Crippen LogP contribution in [0.4, 0.5) is 0 Å². The van der Waals surface area contributed by atoms with Gasteiger partial charge in [0.15, 0.2) is 0 Å². The minimum Gasteiger partial charge on any atom is -0.303 e. The first kappa shape index (κ1) is 10.9. The van der Waals surface area contributed by atoms with Crippen molar-refractivity contribution in [3.8, 4) is 0 Å². The average molecular weight is 145 g/mol. The molecule has 0 aromatic carbocycles. The SMILES string of the molecule is NNN.O=P(O)(O)O. The topological polar surface area (TPSA) is 142 Å². The molecule has 8 heteroatoms. The number of nitrogens with one attached hydrogen (secondary N) is 1. The van der Waals surface area contributed by atoms with Crippen molar-refractivity contribution in [3.63, 3.8) is 0 Å².